The molecule has 1 aromatic carbocycles. The SMILES string of the molecule is NNP(=O)(O)Oc1c(Cl)cc(Cl)cc1Cl. The molecular formula is C6H6Cl3N2O3P. The Hall–Kier alpha value is -0.000000000000000167. The average molecular weight is 291 g/mol. The fourth-order valence-electron chi connectivity index (χ4n) is 0.766. The van der Waals surface area contributed by atoms with Crippen LogP contribution in [-0.4, -0.2) is 4.89 Å². The van der Waals surface area contributed by atoms with Crippen molar-refractivity contribution >= 4 is 42.5 Å². The molecule has 1 aromatic rings. The highest BCUT2D eigenvalue weighted by molar-refractivity contribution is 7.50. The molecule has 15 heavy (non-hydrogen) atoms. The Labute approximate surface area is 101 Å². The van der Waals surface area contributed by atoms with E-state index in [2.05, 4.69) is 4.52 Å². The summed E-state index contributed by atoms with van der Waals surface area (Å²) in [5.41, 5.74) is 0. The van der Waals surface area contributed by atoms with Gasteiger partial charge in [-0.05, 0) is 12.1 Å². The first-order valence-electron chi connectivity index (χ1n) is 3.50. The Kier molecular flexibility index (Phi) is 4.26. The van der Waals surface area contributed by atoms with Crippen LogP contribution in [0.5, 0.6) is 5.75 Å². The molecule has 0 aliphatic rings. The molecule has 0 aliphatic heterocycles. The van der Waals surface area contributed by atoms with Gasteiger partial charge in [0.1, 0.15) is 0 Å². The number of hydrogen-bond donors (Lipinski definition) is 3. The predicted octanol–water partition coefficient (Wildman–Crippen LogP) is 2.59. The number of hydrazine groups is 1. The minimum atomic E-state index is -4.15. The maximum absolute atomic E-state index is 11.1. The fourth-order valence-corrected chi connectivity index (χ4v) is 2.26. The molecule has 1 rings (SSSR count). The molecular weight excluding hydrogens is 285 g/mol. The number of nitrogens with one attached hydrogen (secondary N) is 1. The molecule has 0 fully saturated rings. The van der Waals surface area contributed by atoms with E-state index in [9.17, 15) is 4.57 Å². The van der Waals surface area contributed by atoms with Gasteiger partial charge in [0.15, 0.2) is 5.75 Å². The number of benzene rings is 1. The zero-order chi connectivity index (χ0) is 11.6. The number of hydrogen-bond acceptors (Lipinski definition) is 3. The molecule has 1 unspecified atom stereocenters. The van der Waals surface area contributed by atoms with Crippen LogP contribution in [-0.2, 0) is 4.57 Å². The summed E-state index contributed by atoms with van der Waals surface area (Å²) in [5, 5.41) is 1.90. The third-order valence-electron chi connectivity index (χ3n) is 1.34. The topological polar surface area (TPSA) is 84.6 Å². The normalized spacial score (nSPS) is 14.7. The Morgan fingerprint density at radius 3 is 2.20 bits per heavy atom. The monoisotopic (exact) mass is 290 g/mol. The summed E-state index contributed by atoms with van der Waals surface area (Å²) in [7, 11) is -4.15. The van der Waals surface area contributed by atoms with Crippen molar-refractivity contribution in [3.05, 3.63) is 27.2 Å². The third-order valence-corrected chi connectivity index (χ3v) is 2.88. The summed E-state index contributed by atoms with van der Waals surface area (Å²) >= 11 is 17.0. The van der Waals surface area contributed by atoms with Gasteiger partial charge in [-0.1, -0.05) is 34.8 Å². The van der Waals surface area contributed by atoms with Crippen molar-refractivity contribution in [2.24, 2.45) is 5.84 Å². The molecule has 0 saturated heterocycles. The Morgan fingerprint density at radius 1 is 1.33 bits per heavy atom. The van der Waals surface area contributed by atoms with Gasteiger partial charge >= 0.3 is 7.75 Å². The van der Waals surface area contributed by atoms with Crippen molar-refractivity contribution in [1.29, 1.82) is 0 Å². The second-order valence-corrected chi connectivity index (χ2v) is 5.17. The minimum Gasteiger partial charge on any atom is -0.409 e. The van der Waals surface area contributed by atoms with E-state index in [-0.39, 0.29) is 20.8 Å². The van der Waals surface area contributed by atoms with Crippen molar-refractivity contribution in [2.45, 2.75) is 0 Å². The standard InChI is InChI=1S/C6H6Cl3N2O3P/c7-3-1-4(8)6(5(9)2-3)14-15(12,13)11-10/h1-2H,10H2,(H2,11,12,13). The van der Waals surface area contributed by atoms with Crippen LogP contribution in [0.1, 0.15) is 0 Å². The van der Waals surface area contributed by atoms with Gasteiger partial charge in [0, 0.05) is 5.02 Å². The van der Waals surface area contributed by atoms with Gasteiger partial charge < -0.3 is 9.42 Å². The van der Waals surface area contributed by atoms with Crippen molar-refractivity contribution in [1.82, 2.24) is 5.20 Å². The summed E-state index contributed by atoms with van der Waals surface area (Å²) < 4.78 is 15.7. The van der Waals surface area contributed by atoms with Gasteiger partial charge in [-0.2, -0.15) is 5.20 Å². The average Bonchev–Trinajstić information content (AvgIpc) is 2.11. The summed E-state index contributed by atoms with van der Waals surface area (Å²) in [6, 6.07) is 2.64. The quantitative estimate of drug-likeness (QED) is 0.453. The molecule has 0 heterocycles. The van der Waals surface area contributed by atoms with Crippen molar-refractivity contribution in [3.8, 4) is 5.75 Å². The Balaban J connectivity index is 3.11. The lowest BCUT2D eigenvalue weighted by atomic mass is 10.3. The van der Waals surface area contributed by atoms with Gasteiger partial charge in [-0.15, -0.1) is 0 Å². The van der Waals surface area contributed by atoms with E-state index in [1.165, 1.54) is 12.1 Å². The first kappa shape index (κ1) is 13.1. The second kappa shape index (κ2) is 4.89. The molecule has 9 heteroatoms. The summed E-state index contributed by atoms with van der Waals surface area (Å²) in [5.74, 6) is 4.62. The molecule has 4 N–H and O–H groups in total. The van der Waals surface area contributed by atoms with Crippen LogP contribution in [0.2, 0.25) is 15.1 Å². The van der Waals surface area contributed by atoms with Crippen LogP contribution in [0.15, 0.2) is 12.1 Å². The van der Waals surface area contributed by atoms with Crippen LogP contribution in [0.25, 0.3) is 0 Å². The first-order valence-corrected chi connectivity index (χ1v) is 6.21. The van der Waals surface area contributed by atoms with E-state index >= 15 is 0 Å². The predicted molar refractivity (Wildman–Crippen MR) is 59.2 cm³/mol. The molecule has 0 bridgehead atoms. The minimum absolute atomic E-state index is 0.0111. The van der Waals surface area contributed by atoms with Crippen molar-refractivity contribution in [2.75, 3.05) is 0 Å². The summed E-state index contributed by atoms with van der Waals surface area (Å²) in [6.45, 7) is 0. The van der Waals surface area contributed by atoms with Crippen LogP contribution < -0.4 is 15.6 Å². The van der Waals surface area contributed by atoms with E-state index in [1.807, 2.05) is 0 Å². The lowest BCUT2D eigenvalue weighted by Crippen LogP contribution is -2.21. The molecule has 0 aliphatic carbocycles. The third kappa shape index (κ3) is 3.50. The van der Waals surface area contributed by atoms with Gasteiger partial charge in [0.05, 0.1) is 10.0 Å². The molecule has 1 atom stereocenters. The highest BCUT2D eigenvalue weighted by atomic mass is 35.5. The van der Waals surface area contributed by atoms with Crippen LogP contribution in [0, 0.1) is 0 Å². The molecule has 0 aromatic heterocycles. The lowest BCUT2D eigenvalue weighted by molar-refractivity contribution is 0.365. The largest absolute Gasteiger partial charge is 0.469 e. The summed E-state index contributed by atoms with van der Waals surface area (Å²) in [4.78, 5) is 9.04. The van der Waals surface area contributed by atoms with Gasteiger partial charge in [0.2, 0.25) is 0 Å². The van der Waals surface area contributed by atoms with Crippen molar-refractivity contribution in [3.63, 3.8) is 0 Å². The van der Waals surface area contributed by atoms with Gasteiger partial charge in [-0.3, -0.25) is 5.84 Å². The summed E-state index contributed by atoms with van der Waals surface area (Å²) in [6.07, 6.45) is 0. The van der Waals surface area contributed by atoms with E-state index in [4.69, 9.17) is 45.5 Å². The van der Waals surface area contributed by atoms with E-state index in [0.717, 1.165) is 0 Å². The highest BCUT2D eigenvalue weighted by Crippen LogP contribution is 2.44. The fraction of sp³-hybridized carbons (Fsp3) is 0. The second-order valence-electron chi connectivity index (χ2n) is 2.44. The first-order chi connectivity index (χ1) is 6.85. The molecule has 84 valence electrons. The zero-order valence-electron chi connectivity index (χ0n) is 7.08. The van der Waals surface area contributed by atoms with Gasteiger partial charge in [0.25, 0.3) is 0 Å². The maximum Gasteiger partial charge on any atom is 0.469 e. The Bertz CT molecular complexity index is 405. The van der Waals surface area contributed by atoms with Crippen LogP contribution in [0.4, 0.5) is 0 Å². The van der Waals surface area contributed by atoms with Crippen molar-refractivity contribution < 1.29 is 14.0 Å². The van der Waals surface area contributed by atoms with Crippen LogP contribution >= 0.6 is 42.5 Å². The smallest absolute Gasteiger partial charge is 0.409 e. The number of halogens is 3. The maximum atomic E-state index is 11.1. The van der Waals surface area contributed by atoms with Crippen LogP contribution in [0.3, 0.4) is 0 Å². The molecule has 0 saturated carbocycles. The Morgan fingerprint density at radius 2 is 1.80 bits per heavy atom. The zero-order valence-corrected chi connectivity index (χ0v) is 10.2. The number of rotatable bonds is 3. The highest BCUT2D eigenvalue weighted by Gasteiger charge is 2.22. The van der Waals surface area contributed by atoms with Gasteiger partial charge in [-0.25, -0.2) is 4.57 Å². The molecule has 0 spiro atoms. The number of nitrogens with two attached hydrogens (primary N) is 1. The van der Waals surface area contributed by atoms with E-state index in [1.54, 1.807) is 5.20 Å². The molecule has 5 nitrogen and oxygen atoms in total. The molecule has 0 amide bonds. The molecule has 0 radical (unpaired) electrons. The van der Waals surface area contributed by atoms with E-state index < -0.39 is 7.75 Å². The van der Waals surface area contributed by atoms with E-state index in [0.29, 0.717) is 0 Å². The lowest BCUT2D eigenvalue weighted by Gasteiger charge is -2.13.